The van der Waals surface area contributed by atoms with E-state index in [2.05, 4.69) is 41.7 Å². The van der Waals surface area contributed by atoms with Crippen molar-refractivity contribution >= 4 is 22.4 Å². The quantitative estimate of drug-likeness (QED) is 0.889. The van der Waals surface area contributed by atoms with Crippen LogP contribution in [0.4, 0.5) is 5.13 Å². The molecule has 0 saturated heterocycles. The van der Waals surface area contributed by atoms with Crippen molar-refractivity contribution in [2.24, 2.45) is 5.92 Å². The van der Waals surface area contributed by atoms with E-state index in [1.807, 2.05) is 5.38 Å². The Bertz CT molecular complexity index is 682. The largest absolute Gasteiger partial charge is 0.348 e. The zero-order valence-corrected chi connectivity index (χ0v) is 14.3. The second-order valence-corrected chi connectivity index (χ2v) is 6.95. The number of aromatic nitrogens is 2. The van der Waals surface area contributed by atoms with Crippen molar-refractivity contribution in [1.82, 2.24) is 9.55 Å². The normalized spacial score (nSPS) is 14.9. The molecular formula is C17H23N3OS. The first-order chi connectivity index (χ1) is 10.6. The fourth-order valence-corrected chi connectivity index (χ4v) is 3.67. The van der Waals surface area contributed by atoms with Gasteiger partial charge in [-0.05, 0) is 39.2 Å². The van der Waals surface area contributed by atoms with Gasteiger partial charge in [-0.25, -0.2) is 4.98 Å². The molecule has 2 heterocycles. The molecule has 1 aliphatic carbocycles. The maximum atomic E-state index is 12.0. The van der Waals surface area contributed by atoms with Gasteiger partial charge in [0.15, 0.2) is 5.13 Å². The number of amides is 1. The van der Waals surface area contributed by atoms with E-state index in [4.69, 9.17) is 0 Å². The van der Waals surface area contributed by atoms with Crippen LogP contribution in [-0.2, 0) is 11.3 Å². The van der Waals surface area contributed by atoms with E-state index >= 15 is 0 Å². The van der Waals surface area contributed by atoms with Gasteiger partial charge in [-0.15, -0.1) is 11.3 Å². The molecule has 1 aliphatic rings. The monoisotopic (exact) mass is 317 g/mol. The summed E-state index contributed by atoms with van der Waals surface area (Å²) in [4.78, 5) is 16.6. The molecule has 1 saturated carbocycles. The van der Waals surface area contributed by atoms with Crippen LogP contribution in [0.2, 0.25) is 0 Å². The Morgan fingerprint density at radius 1 is 1.45 bits per heavy atom. The number of hydrogen-bond acceptors (Lipinski definition) is 3. The van der Waals surface area contributed by atoms with Crippen LogP contribution in [0.15, 0.2) is 11.4 Å². The van der Waals surface area contributed by atoms with E-state index in [-0.39, 0.29) is 11.8 Å². The Balaban J connectivity index is 1.78. The molecule has 2 aromatic rings. The summed E-state index contributed by atoms with van der Waals surface area (Å²) in [5, 5.41) is 5.71. The highest BCUT2D eigenvalue weighted by atomic mass is 32.1. The fourth-order valence-electron chi connectivity index (χ4n) is 2.96. The fraction of sp³-hybridized carbons (Fsp3) is 0.529. The molecule has 3 rings (SSSR count). The van der Waals surface area contributed by atoms with Crippen molar-refractivity contribution in [1.29, 1.82) is 0 Å². The van der Waals surface area contributed by atoms with Crippen molar-refractivity contribution in [3.63, 3.8) is 0 Å². The van der Waals surface area contributed by atoms with Gasteiger partial charge in [0.1, 0.15) is 0 Å². The van der Waals surface area contributed by atoms with Crippen molar-refractivity contribution in [2.45, 2.75) is 53.0 Å². The lowest BCUT2D eigenvalue weighted by atomic mass is 9.85. The minimum atomic E-state index is 0.128. The van der Waals surface area contributed by atoms with Crippen molar-refractivity contribution in [3.8, 4) is 11.3 Å². The Morgan fingerprint density at radius 3 is 2.86 bits per heavy atom. The van der Waals surface area contributed by atoms with Gasteiger partial charge in [0.05, 0.1) is 5.69 Å². The van der Waals surface area contributed by atoms with Crippen LogP contribution in [0, 0.1) is 19.8 Å². The number of anilines is 1. The van der Waals surface area contributed by atoms with Crippen LogP contribution in [0.3, 0.4) is 0 Å². The third-order valence-electron chi connectivity index (χ3n) is 4.51. The van der Waals surface area contributed by atoms with Crippen LogP contribution in [-0.4, -0.2) is 15.5 Å². The molecule has 4 nitrogen and oxygen atoms in total. The molecule has 1 N–H and O–H groups in total. The zero-order valence-electron chi connectivity index (χ0n) is 13.5. The van der Waals surface area contributed by atoms with Gasteiger partial charge in [-0.1, -0.05) is 13.3 Å². The third-order valence-corrected chi connectivity index (χ3v) is 5.26. The lowest BCUT2D eigenvalue weighted by molar-refractivity contribution is -0.122. The molecule has 0 aliphatic heterocycles. The minimum Gasteiger partial charge on any atom is -0.348 e. The van der Waals surface area contributed by atoms with Gasteiger partial charge in [-0.3, -0.25) is 4.79 Å². The van der Waals surface area contributed by atoms with Crippen LogP contribution in [0.5, 0.6) is 0 Å². The summed E-state index contributed by atoms with van der Waals surface area (Å²) in [5.41, 5.74) is 4.65. The summed E-state index contributed by atoms with van der Waals surface area (Å²) < 4.78 is 2.33. The predicted molar refractivity (Wildman–Crippen MR) is 91.3 cm³/mol. The summed E-state index contributed by atoms with van der Waals surface area (Å²) in [7, 11) is 0. The van der Waals surface area contributed by atoms with E-state index in [0.717, 1.165) is 31.5 Å². The molecule has 1 amide bonds. The first-order valence-electron chi connectivity index (χ1n) is 8.03. The first-order valence-corrected chi connectivity index (χ1v) is 8.91. The zero-order chi connectivity index (χ0) is 15.7. The van der Waals surface area contributed by atoms with Gasteiger partial charge >= 0.3 is 0 Å². The highest BCUT2D eigenvalue weighted by Gasteiger charge is 2.26. The topological polar surface area (TPSA) is 46.9 Å². The third kappa shape index (κ3) is 2.82. The first kappa shape index (κ1) is 15.3. The molecule has 2 aromatic heterocycles. The van der Waals surface area contributed by atoms with Crippen LogP contribution < -0.4 is 5.32 Å². The molecule has 5 heteroatoms. The number of nitrogens with one attached hydrogen (secondary N) is 1. The molecule has 0 spiro atoms. The number of nitrogens with zero attached hydrogens (tertiary/aromatic N) is 2. The number of aryl methyl sites for hydroxylation is 1. The lowest BCUT2D eigenvalue weighted by Crippen LogP contribution is -2.27. The van der Waals surface area contributed by atoms with Crippen LogP contribution in [0.1, 0.15) is 44.0 Å². The maximum absolute atomic E-state index is 12.0. The standard InChI is InChI=1S/C17H23N3OS/c1-4-8-20-11(2)9-14(12(20)3)15-10-22-17(18-15)19-16(21)13-6-5-7-13/h9-10,13H,4-8H2,1-3H3,(H,18,19,21). The average molecular weight is 317 g/mol. The van der Waals surface area contributed by atoms with Gasteiger partial charge in [0, 0.05) is 34.8 Å². The molecule has 22 heavy (non-hydrogen) atoms. The van der Waals surface area contributed by atoms with Crippen molar-refractivity contribution in [3.05, 3.63) is 22.8 Å². The second kappa shape index (κ2) is 6.24. The van der Waals surface area contributed by atoms with Crippen LogP contribution in [0.25, 0.3) is 11.3 Å². The minimum absolute atomic E-state index is 0.128. The Morgan fingerprint density at radius 2 is 2.23 bits per heavy atom. The van der Waals surface area contributed by atoms with Gasteiger partial charge < -0.3 is 9.88 Å². The van der Waals surface area contributed by atoms with E-state index in [9.17, 15) is 4.79 Å². The molecule has 0 aromatic carbocycles. The number of thiazole rings is 1. The number of carbonyl (C=O) groups is 1. The molecule has 0 radical (unpaired) electrons. The molecule has 0 bridgehead atoms. The smallest absolute Gasteiger partial charge is 0.229 e. The molecular weight excluding hydrogens is 294 g/mol. The van der Waals surface area contributed by atoms with Crippen molar-refractivity contribution in [2.75, 3.05) is 5.32 Å². The SMILES string of the molecule is CCCn1c(C)cc(-c2csc(NC(=O)C3CCC3)n2)c1C. The predicted octanol–water partition coefficient (Wildman–Crippen LogP) is 4.38. The average Bonchev–Trinajstić information content (AvgIpc) is 2.96. The lowest BCUT2D eigenvalue weighted by Gasteiger charge is -2.23. The highest BCUT2D eigenvalue weighted by molar-refractivity contribution is 7.14. The summed E-state index contributed by atoms with van der Waals surface area (Å²) in [6.45, 7) is 7.50. The number of hydrogen-bond donors (Lipinski definition) is 1. The summed E-state index contributed by atoms with van der Waals surface area (Å²) in [6.07, 6.45) is 4.32. The Labute approximate surface area is 135 Å². The van der Waals surface area contributed by atoms with E-state index < -0.39 is 0 Å². The summed E-state index contributed by atoms with van der Waals surface area (Å²) in [5.74, 6) is 0.325. The number of rotatable bonds is 5. The molecule has 1 fully saturated rings. The second-order valence-electron chi connectivity index (χ2n) is 6.09. The molecule has 118 valence electrons. The maximum Gasteiger partial charge on any atom is 0.229 e. The molecule has 0 atom stereocenters. The van der Waals surface area contributed by atoms with Gasteiger partial charge in [0.25, 0.3) is 0 Å². The Hall–Kier alpha value is -1.62. The van der Waals surface area contributed by atoms with E-state index in [0.29, 0.717) is 5.13 Å². The van der Waals surface area contributed by atoms with Gasteiger partial charge in [0.2, 0.25) is 5.91 Å². The number of carbonyl (C=O) groups excluding carboxylic acids is 1. The van der Waals surface area contributed by atoms with E-state index in [1.165, 1.54) is 34.7 Å². The molecule has 0 unspecified atom stereocenters. The van der Waals surface area contributed by atoms with Crippen LogP contribution >= 0.6 is 11.3 Å². The van der Waals surface area contributed by atoms with Crippen molar-refractivity contribution < 1.29 is 4.79 Å². The highest BCUT2D eigenvalue weighted by Crippen LogP contribution is 2.32. The van der Waals surface area contributed by atoms with Gasteiger partial charge in [-0.2, -0.15) is 0 Å². The van der Waals surface area contributed by atoms with E-state index in [1.54, 1.807) is 0 Å². The summed E-state index contributed by atoms with van der Waals surface area (Å²) in [6, 6.07) is 2.19. The Kier molecular flexibility index (Phi) is 4.34. The summed E-state index contributed by atoms with van der Waals surface area (Å²) >= 11 is 1.51.